The molecule has 0 unspecified atom stereocenters. The molecular formula is C95H103N25O11. The lowest BCUT2D eigenvalue weighted by Gasteiger charge is -2.26. The van der Waals surface area contributed by atoms with E-state index in [2.05, 4.69) is 129 Å². The van der Waals surface area contributed by atoms with Crippen molar-refractivity contribution in [3.63, 3.8) is 0 Å². The molecule has 1 fully saturated rings. The molecule has 0 atom stereocenters. The summed E-state index contributed by atoms with van der Waals surface area (Å²) in [6, 6.07) is 65.5. The first-order chi connectivity index (χ1) is 64.2. The average molecular weight is 1770 g/mol. The van der Waals surface area contributed by atoms with Crippen LogP contribution in [0.25, 0.3) is 56.6 Å². The van der Waals surface area contributed by atoms with E-state index in [1.807, 2.05) is 209 Å². The number of pyridine rings is 1. The van der Waals surface area contributed by atoms with Crippen molar-refractivity contribution in [2.75, 3.05) is 117 Å². The second-order valence-electron chi connectivity index (χ2n) is 29.4. The van der Waals surface area contributed by atoms with Crippen molar-refractivity contribution in [1.82, 2.24) is 97.2 Å². The zero-order chi connectivity index (χ0) is 91.2. The van der Waals surface area contributed by atoms with E-state index in [4.69, 9.17) is 27.4 Å². The van der Waals surface area contributed by atoms with Crippen LogP contribution in [0, 0.1) is 20.8 Å². The van der Waals surface area contributed by atoms with Crippen LogP contribution in [0.1, 0.15) is 121 Å². The number of nitrogens with one attached hydrogen (secondary N) is 10. The van der Waals surface area contributed by atoms with Gasteiger partial charge in [0, 0.05) is 167 Å². The second kappa shape index (κ2) is 51.3. The molecule has 5 amide bonds. The Hall–Kier alpha value is -16.4. The fraction of sp³-hybridized carbons (Fsp3) is 0.253. The fourth-order valence-corrected chi connectivity index (χ4v) is 12.5. The largest absolute Gasteiger partial charge is 0.494 e. The lowest BCUT2D eigenvalue weighted by Crippen LogP contribution is -2.31. The van der Waals surface area contributed by atoms with Gasteiger partial charge < -0.3 is 85.4 Å². The molecule has 674 valence electrons. The lowest BCUT2D eigenvalue weighted by atomic mass is 10.1. The van der Waals surface area contributed by atoms with Crippen LogP contribution in [0.2, 0.25) is 0 Å². The van der Waals surface area contributed by atoms with Gasteiger partial charge in [0.05, 0.1) is 19.5 Å². The topological polar surface area (TPSA) is 464 Å². The van der Waals surface area contributed by atoms with Gasteiger partial charge in [-0.05, 0) is 95.9 Å². The summed E-state index contributed by atoms with van der Waals surface area (Å²) in [4.78, 5) is 101. The second-order valence-corrected chi connectivity index (χ2v) is 29.4. The zero-order valence-electron chi connectivity index (χ0n) is 73.0. The van der Waals surface area contributed by atoms with E-state index >= 15 is 0 Å². The van der Waals surface area contributed by atoms with Gasteiger partial charge in [0.25, 0.3) is 29.5 Å². The molecule has 15 aromatic rings. The highest BCUT2D eigenvalue weighted by molar-refractivity contribution is 5.95. The third-order valence-electron chi connectivity index (χ3n) is 19.3. The van der Waals surface area contributed by atoms with E-state index in [0.717, 1.165) is 119 Å². The molecule has 11 heterocycles. The van der Waals surface area contributed by atoms with Crippen LogP contribution in [-0.2, 0) is 0 Å². The van der Waals surface area contributed by atoms with E-state index in [9.17, 15) is 24.0 Å². The Morgan fingerprint density at radius 3 is 1.04 bits per heavy atom. The van der Waals surface area contributed by atoms with Crippen molar-refractivity contribution < 1.29 is 51.3 Å². The van der Waals surface area contributed by atoms with Gasteiger partial charge in [-0.25, -0.2) is 39.9 Å². The maximum absolute atomic E-state index is 12.3. The van der Waals surface area contributed by atoms with Gasteiger partial charge >= 0.3 is 0 Å². The van der Waals surface area contributed by atoms with Crippen molar-refractivity contribution in [1.29, 1.82) is 0 Å². The number of benzene rings is 5. The third kappa shape index (κ3) is 31.3. The van der Waals surface area contributed by atoms with Gasteiger partial charge in [0.15, 0.2) is 63.0 Å². The molecule has 1 aliphatic heterocycles. The number of rotatable bonds is 37. The molecular weight excluding hydrogens is 1670 g/mol. The van der Waals surface area contributed by atoms with Crippen LogP contribution in [0.4, 0.5) is 35.2 Å². The van der Waals surface area contributed by atoms with Gasteiger partial charge in [-0.3, -0.25) is 24.0 Å². The summed E-state index contributed by atoms with van der Waals surface area (Å²) in [7, 11) is 1.56. The molecule has 1 saturated heterocycles. The molecule has 36 nitrogen and oxygen atoms in total. The van der Waals surface area contributed by atoms with Crippen molar-refractivity contribution in [2.24, 2.45) is 0 Å². The minimum atomic E-state index is -0.267. The minimum Gasteiger partial charge on any atom is -0.494 e. The molecule has 0 saturated carbocycles. The summed E-state index contributed by atoms with van der Waals surface area (Å²) < 4.78 is 31.2. The van der Waals surface area contributed by atoms with Gasteiger partial charge in [0.2, 0.25) is 11.9 Å². The molecule has 131 heavy (non-hydrogen) atoms. The molecule has 1 aliphatic rings. The van der Waals surface area contributed by atoms with Gasteiger partial charge in [-0.15, -0.1) is 0 Å². The molecule has 16 rings (SSSR count). The van der Waals surface area contributed by atoms with Crippen LogP contribution in [0.5, 0.6) is 5.75 Å². The van der Waals surface area contributed by atoms with Crippen molar-refractivity contribution in [3.05, 3.63) is 295 Å². The molecule has 0 spiro atoms. The SMILES string of the molecule is COc1cnc(NCCCNC(=O)c2cc(-c3ccccc3)on2)nc1.Cc1cc(NCCCNC(=O)c2cc(-c3ccccc3)on2)ncn1.Cc1ccc(NCCCNC(=O)c2cc(-c3ccccc3)on2)nc1.Cc1nccc(NCCCNC(=O)c2cc(-c3ccccc3)on2)n1.O=C(NCCCNc1ccnc(N2CCCCC2)n1)c1cc(-c2ccccc2)on1. The number of anilines is 6. The summed E-state index contributed by atoms with van der Waals surface area (Å²) in [5, 5.41) is 49.3. The summed E-state index contributed by atoms with van der Waals surface area (Å²) >= 11 is 0. The maximum Gasteiger partial charge on any atom is 0.273 e. The Labute approximate surface area is 756 Å². The number of aromatic nitrogens is 14. The number of hydrogen-bond donors (Lipinski definition) is 10. The smallest absolute Gasteiger partial charge is 0.273 e. The Balaban J connectivity index is 0.000000148. The van der Waals surface area contributed by atoms with Crippen LogP contribution in [-0.4, -0.2) is 186 Å². The van der Waals surface area contributed by atoms with E-state index in [1.165, 1.54) is 25.6 Å². The van der Waals surface area contributed by atoms with Crippen molar-refractivity contribution in [2.45, 2.75) is 72.1 Å². The molecule has 0 radical (unpaired) electrons. The van der Waals surface area contributed by atoms with Crippen LogP contribution in [0.3, 0.4) is 0 Å². The Bertz CT molecular complexity index is 5800. The van der Waals surface area contributed by atoms with E-state index < -0.39 is 0 Å². The highest BCUT2D eigenvalue weighted by Crippen LogP contribution is 2.26. The van der Waals surface area contributed by atoms with Gasteiger partial charge in [-0.2, -0.15) is 4.98 Å². The maximum atomic E-state index is 12.3. The number of aryl methyl sites for hydroxylation is 3. The first kappa shape index (κ1) is 93.7. The number of ether oxygens (including phenoxy) is 1. The number of piperidine rings is 1. The van der Waals surface area contributed by atoms with Crippen LogP contribution < -0.4 is 62.8 Å². The van der Waals surface area contributed by atoms with Gasteiger partial charge in [0.1, 0.15) is 35.4 Å². The van der Waals surface area contributed by atoms with Crippen LogP contribution in [0.15, 0.2) is 272 Å². The minimum absolute atomic E-state index is 0.237. The first-order valence-electron chi connectivity index (χ1n) is 42.9. The summed E-state index contributed by atoms with van der Waals surface area (Å²) in [6.07, 6.45) is 17.5. The summed E-state index contributed by atoms with van der Waals surface area (Å²) in [6.45, 7) is 13.9. The molecule has 0 bridgehead atoms. The Kier molecular flexibility index (Phi) is 36.7. The summed E-state index contributed by atoms with van der Waals surface area (Å²) in [5.74, 6) is 7.46. The number of amides is 5. The average Bonchev–Trinajstić information content (AvgIpc) is 1.77. The first-order valence-corrected chi connectivity index (χ1v) is 42.9. The number of carbonyl (C=O) groups is 5. The fourth-order valence-electron chi connectivity index (χ4n) is 12.5. The number of nitrogens with zero attached hydrogens (tertiary/aromatic N) is 15. The highest BCUT2D eigenvalue weighted by Gasteiger charge is 2.20. The van der Waals surface area contributed by atoms with Crippen molar-refractivity contribution in [3.8, 4) is 62.4 Å². The number of methoxy groups -OCH3 is 1. The van der Waals surface area contributed by atoms with Crippen molar-refractivity contribution >= 4 is 64.7 Å². The summed E-state index contributed by atoms with van der Waals surface area (Å²) in [5.41, 5.74) is 7.85. The van der Waals surface area contributed by atoms with E-state index in [0.29, 0.717) is 106 Å². The zero-order valence-corrected chi connectivity index (χ0v) is 73.0. The van der Waals surface area contributed by atoms with E-state index in [1.54, 1.807) is 62.2 Å². The molecule has 5 aromatic carbocycles. The van der Waals surface area contributed by atoms with E-state index in [-0.39, 0.29) is 58.0 Å². The van der Waals surface area contributed by atoms with Gasteiger partial charge in [-0.1, -0.05) is 184 Å². The monoisotopic (exact) mass is 1770 g/mol. The molecule has 36 heteroatoms. The predicted octanol–water partition coefficient (Wildman–Crippen LogP) is 14.3. The van der Waals surface area contributed by atoms with Crippen LogP contribution >= 0.6 is 0 Å². The Morgan fingerprint density at radius 2 is 0.687 bits per heavy atom. The highest BCUT2D eigenvalue weighted by atomic mass is 16.5. The predicted molar refractivity (Wildman–Crippen MR) is 496 cm³/mol. The normalized spacial score (nSPS) is 11.2. The third-order valence-corrected chi connectivity index (χ3v) is 19.3. The molecule has 0 aliphatic carbocycles. The molecule has 10 aromatic heterocycles. The molecule has 10 N–H and O–H groups in total. The Morgan fingerprint density at radius 1 is 0.336 bits per heavy atom. The standard InChI is InChI=1S/C22H26N6O2.C19H20N4O2.C18H19N5O3.2C18H19N5O2/c29-21(18-16-19(30-27-18)17-8-3-1-4-9-17)24-12-7-11-23-20-10-13-25-22(26-20)28-14-5-2-6-15-28;1-14-8-9-18(22-13-14)20-10-5-11-21-19(24)16-12-17(25-23-16)15-6-3-2-4-7-15;1-25-14-11-21-18(22-12-14)20-9-5-8-19-17(24)15-10-16(26-23-15)13-6-3-2-4-7-13;1-13-19-11-8-17(22-13)20-9-5-10-21-18(24)15-12-16(25-23-15)14-6-3-2-4-7-14;1-13-10-17(22-12-21-13)19-8-5-9-20-18(24)15-11-16(25-23-15)14-6-3-2-4-7-14/h1,3-4,8-10,13,16H,2,5-7,11-12,14-15H2,(H,24,29)(H,23,25,26);2-4,6-9,12-13H,5,10-11H2,1H3,(H,20,22)(H,21,24);2-4,6-7,10-12H,5,8-9H2,1H3,(H,19,24)(H,20,21,22);2-4,6-8,11-12H,5,9-10H2,1H3,(H,21,24)(H,19,20,22);2-4,6-7,10-12H,5,8-9H2,1H3,(H,20,24)(H,19,21,22). The lowest BCUT2D eigenvalue weighted by molar-refractivity contribution is 0.0936. The quantitative estimate of drug-likeness (QED) is 0.0162. The number of carbonyl (C=O) groups excluding carboxylic acids is 5. The number of hydrogen-bond acceptors (Lipinski definition) is 31.